The third kappa shape index (κ3) is 1.72. The number of nitrogens with one attached hydrogen (secondary N) is 2. The molecule has 4 nitrogen and oxygen atoms in total. The van der Waals surface area contributed by atoms with E-state index >= 15 is 0 Å². The van der Waals surface area contributed by atoms with E-state index in [0.717, 1.165) is 10.9 Å². The van der Waals surface area contributed by atoms with E-state index in [2.05, 4.69) is 10.3 Å². The van der Waals surface area contributed by atoms with Crippen LogP contribution in [0.5, 0.6) is 0 Å². The molecule has 1 aromatic heterocycles. The minimum absolute atomic E-state index is 0.469. The Labute approximate surface area is 114 Å². The van der Waals surface area contributed by atoms with E-state index in [1.54, 1.807) is 18.3 Å². The van der Waals surface area contributed by atoms with Crippen LogP contribution in [0.2, 0.25) is 0 Å². The number of aromatic amines is 1. The van der Waals surface area contributed by atoms with Gasteiger partial charge in [0.1, 0.15) is 0 Å². The highest BCUT2D eigenvalue weighted by molar-refractivity contribution is 6.31. The van der Waals surface area contributed by atoms with Crippen LogP contribution in [0.25, 0.3) is 10.9 Å². The lowest BCUT2D eigenvalue weighted by Gasteiger charge is -2.28. The van der Waals surface area contributed by atoms with Crippen molar-refractivity contribution in [1.82, 2.24) is 10.3 Å². The molecule has 2 heterocycles. The van der Waals surface area contributed by atoms with Gasteiger partial charge in [0, 0.05) is 28.9 Å². The Morgan fingerprint density at radius 1 is 1.32 bits per heavy atom. The van der Waals surface area contributed by atoms with Crippen LogP contribution in [-0.2, 0) is 10.3 Å². The Morgan fingerprint density at radius 2 is 2.11 bits per heavy atom. The predicted octanol–water partition coefficient (Wildman–Crippen LogP) is 2.69. The van der Waals surface area contributed by atoms with E-state index in [0.29, 0.717) is 10.6 Å². The summed E-state index contributed by atoms with van der Waals surface area (Å²) in [6, 6.07) is 7.58. The molecule has 2 aromatic rings. The van der Waals surface area contributed by atoms with E-state index < -0.39 is 11.5 Å². The van der Waals surface area contributed by atoms with Crippen LogP contribution in [0.1, 0.15) is 5.56 Å². The normalized spacial score (nSPS) is 22.1. The van der Waals surface area contributed by atoms with Gasteiger partial charge in [0.25, 0.3) is 0 Å². The minimum atomic E-state index is -1.29. The largest absolute Gasteiger partial charge is 0.479 e. The number of dihydropyridines is 1. The van der Waals surface area contributed by atoms with E-state index in [9.17, 15) is 9.90 Å². The zero-order chi connectivity index (χ0) is 13.5. The first-order chi connectivity index (χ1) is 9.13. The van der Waals surface area contributed by atoms with Crippen molar-refractivity contribution in [3.05, 3.63) is 59.4 Å². The molecular weight excluding hydrogens is 264 g/mol. The summed E-state index contributed by atoms with van der Waals surface area (Å²) < 4.78 is 0. The number of aromatic nitrogens is 1. The number of carboxylic acid groups (broad SMARTS) is 1. The number of aliphatic carboxylic acids is 1. The van der Waals surface area contributed by atoms with Crippen LogP contribution < -0.4 is 5.32 Å². The van der Waals surface area contributed by atoms with Crippen molar-refractivity contribution in [3.8, 4) is 0 Å². The lowest BCUT2D eigenvalue weighted by molar-refractivity contribution is -0.142. The molecule has 1 aliphatic rings. The number of carboxylic acids is 1. The molecule has 3 N–H and O–H groups in total. The fourth-order valence-corrected chi connectivity index (χ4v) is 2.41. The molecular formula is C14H11ClN2O2. The van der Waals surface area contributed by atoms with Gasteiger partial charge in [-0.1, -0.05) is 29.8 Å². The van der Waals surface area contributed by atoms with Gasteiger partial charge < -0.3 is 15.4 Å². The molecule has 1 aromatic carbocycles. The smallest absolute Gasteiger partial charge is 0.338 e. The first kappa shape index (κ1) is 11.9. The van der Waals surface area contributed by atoms with Crippen LogP contribution >= 0.6 is 11.6 Å². The Hall–Kier alpha value is -2.20. The minimum Gasteiger partial charge on any atom is -0.479 e. The lowest BCUT2D eigenvalue weighted by atomic mass is 9.88. The summed E-state index contributed by atoms with van der Waals surface area (Å²) in [4.78, 5) is 14.8. The average molecular weight is 275 g/mol. The molecule has 5 heteroatoms. The molecule has 1 atom stereocenters. The fourth-order valence-electron chi connectivity index (χ4n) is 2.30. The molecule has 0 saturated carbocycles. The molecule has 0 bridgehead atoms. The predicted molar refractivity (Wildman–Crippen MR) is 73.8 cm³/mol. The highest BCUT2D eigenvalue weighted by Crippen LogP contribution is 2.33. The third-order valence-electron chi connectivity index (χ3n) is 3.28. The van der Waals surface area contributed by atoms with Crippen molar-refractivity contribution in [2.24, 2.45) is 0 Å². The van der Waals surface area contributed by atoms with Gasteiger partial charge in [-0.05, 0) is 18.2 Å². The molecule has 1 unspecified atom stereocenters. The van der Waals surface area contributed by atoms with Crippen molar-refractivity contribution in [3.63, 3.8) is 0 Å². The SMILES string of the molecule is O=C(O)C1(c2c[nH]c3ccccc23)C=CC(Cl)=CN1. The van der Waals surface area contributed by atoms with E-state index in [1.165, 1.54) is 6.20 Å². The van der Waals surface area contributed by atoms with Gasteiger partial charge in [-0.3, -0.25) is 0 Å². The lowest BCUT2D eigenvalue weighted by Crippen LogP contribution is -2.46. The topological polar surface area (TPSA) is 65.1 Å². The molecule has 1 aliphatic heterocycles. The number of halogens is 1. The molecule has 0 radical (unpaired) electrons. The quantitative estimate of drug-likeness (QED) is 0.789. The molecule has 3 rings (SSSR count). The second-order valence-corrected chi connectivity index (χ2v) is 4.80. The Bertz CT molecular complexity index is 717. The summed E-state index contributed by atoms with van der Waals surface area (Å²) in [5.41, 5.74) is 0.263. The Balaban J connectivity index is 2.22. The van der Waals surface area contributed by atoms with E-state index in [1.807, 2.05) is 24.3 Å². The van der Waals surface area contributed by atoms with Crippen LogP contribution in [-0.4, -0.2) is 16.1 Å². The summed E-state index contributed by atoms with van der Waals surface area (Å²) >= 11 is 5.84. The summed E-state index contributed by atoms with van der Waals surface area (Å²) in [5.74, 6) is -0.978. The molecule has 0 aliphatic carbocycles. The molecule has 0 saturated heterocycles. The average Bonchev–Trinajstić information content (AvgIpc) is 2.84. The van der Waals surface area contributed by atoms with Gasteiger partial charge in [-0.25, -0.2) is 4.79 Å². The van der Waals surface area contributed by atoms with Gasteiger partial charge in [0.05, 0.1) is 5.03 Å². The number of rotatable bonds is 2. The number of H-pyrrole nitrogens is 1. The van der Waals surface area contributed by atoms with Crippen LogP contribution in [0.4, 0.5) is 0 Å². The summed E-state index contributed by atoms with van der Waals surface area (Å²) in [7, 11) is 0. The summed E-state index contributed by atoms with van der Waals surface area (Å²) in [6.45, 7) is 0. The van der Waals surface area contributed by atoms with Crippen LogP contribution in [0, 0.1) is 0 Å². The maximum absolute atomic E-state index is 11.7. The molecule has 19 heavy (non-hydrogen) atoms. The number of hydrogen-bond donors (Lipinski definition) is 3. The zero-order valence-corrected chi connectivity index (χ0v) is 10.6. The molecule has 0 amide bonds. The number of hydrogen-bond acceptors (Lipinski definition) is 2. The van der Waals surface area contributed by atoms with E-state index in [-0.39, 0.29) is 0 Å². The highest BCUT2D eigenvalue weighted by Gasteiger charge is 2.40. The maximum Gasteiger partial charge on any atom is 0.338 e. The van der Waals surface area contributed by atoms with Gasteiger partial charge in [0.2, 0.25) is 0 Å². The third-order valence-corrected chi connectivity index (χ3v) is 3.52. The van der Waals surface area contributed by atoms with Gasteiger partial charge in [-0.15, -0.1) is 0 Å². The molecule has 0 spiro atoms. The summed E-state index contributed by atoms with van der Waals surface area (Å²) in [6.07, 6.45) is 6.36. The van der Waals surface area contributed by atoms with Crippen molar-refractivity contribution in [2.75, 3.05) is 0 Å². The van der Waals surface area contributed by atoms with Crippen molar-refractivity contribution >= 4 is 28.5 Å². The van der Waals surface area contributed by atoms with Crippen molar-refractivity contribution < 1.29 is 9.90 Å². The standard InChI is InChI=1S/C14H11ClN2O2/c15-9-5-6-14(13(18)19,17-7-9)11-8-16-12-4-2-1-3-10(11)12/h1-8,16-17H,(H,18,19). The summed E-state index contributed by atoms with van der Waals surface area (Å²) in [5, 5.41) is 13.8. The van der Waals surface area contributed by atoms with E-state index in [4.69, 9.17) is 11.6 Å². The second kappa shape index (κ2) is 4.17. The number of allylic oxidation sites excluding steroid dienone is 2. The molecule has 0 fully saturated rings. The fraction of sp³-hybridized carbons (Fsp3) is 0.0714. The Kier molecular flexibility index (Phi) is 2.61. The molecule has 96 valence electrons. The first-order valence-electron chi connectivity index (χ1n) is 5.76. The van der Waals surface area contributed by atoms with Crippen LogP contribution in [0.3, 0.4) is 0 Å². The first-order valence-corrected chi connectivity index (χ1v) is 6.14. The Morgan fingerprint density at radius 3 is 2.79 bits per heavy atom. The van der Waals surface area contributed by atoms with Crippen molar-refractivity contribution in [1.29, 1.82) is 0 Å². The van der Waals surface area contributed by atoms with Crippen LogP contribution in [0.15, 0.2) is 53.8 Å². The number of fused-ring (bicyclic) bond motifs is 1. The van der Waals surface area contributed by atoms with Gasteiger partial charge in [-0.2, -0.15) is 0 Å². The highest BCUT2D eigenvalue weighted by atomic mass is 35.5. The number of para-hydroxylation sites is 1. The van der Waals surface area contributed by atoms with Gasteiger partial charge >= 0.3 is 5.97 Å². The number of benzene rings is 1. The van der Waals surface area contributed by atoms with Gasteiger partial charge in [0.15, 0.2) is 5.54 Å². The second-order valence-electron chi connectivity index (χ2n) is 4.37. The van der Waals surface area contributed by atoms with Crippen molar-refractivity contribution in [2.45, 2.75) is 5.54 Å². The maximum atomic E-state index is 11.7. The number of carbonyl (C=O) groups is 1. The zero-order valence-electron chi connectivity index (χ0n) is 9.85. The monoisotopic (exact) mass is 274 g/mol.